The second-order valence-corrected chi connectivity index (χ2v) is 8.65. The first-order chi connectivity index (χ1) is 14.2. The van der Waals surface area contributed by atoms with Crippen LogP contribution in [0.3, 0.4) is 0 Å². The summed E-state index contributed by atoms with van der Waals surface area (Å²) in [5.74, 6) is 1.93. The van der Waals surface area contributed by atoms with Crippen molar-refractivity contribution in [2.45, 2.75) is 23.1 Å². The second kappa shape index (κ2) is 9.38. The largest absolute Gasteiger partial charge is 0.494 e. The van der Waals surface area contributed by atoms with Gasteiger partial charge in [-0.1, -0.05) is 42.5 Å². The van der Waals surface area contributed by atoms with Gasteiger partial charge in [-0.15, -0.1) is 11.8 Å². The fourth-order valence-corrected chi connectivity index (χ4v) is 4.76. The Labute approximate surface area is 178 Å². The minimum absolute atomic E-state index is 0.143. The third-order valence-electron chi connectivity index (χ3n) is 5.16. The lowest BCUT2D eigenvalue weighted by molar-refractivity contribution is 0.281. The molecule has 0 saturated heterocycles. The Morgan fingerprint density at radius 3 is 2.45 bits per heavy atom. The van der Waals surface area contributed by atoms with E-state index in [2.05, 4.69) is 97.1 Å². The van der Waals surface area contributed by atoms with Crippen LogP contribution in [0.2, 0.25) is 0 Å². The van der Waals surface area contributed by atoms with Crippen LogP contribution in [-0.2, 0) is 5.75 Å². The van der Waals surface area contributed by atoms with Crippen molar-refractivity contribution in [2.24, 2.45) is 0 Å². The molecule has 1 aliphatic heterocycles. The average molecular weight is 405 g/mol. The van der Waals surface area contributed by atoms with Gasteiger partial charge in [-0.2, -0.15) is 0 Å². The highest BCUT2D eigenvalue weighted by atomic mass is 32.2. The Bertz CT molecular complexity index is 892. The van der Waals surface area contributed by atoms with E-state index in [1.165, 1.54) is 21.6 Å². The Morgan fingerprint density at radius 2 is 1.66 bits per heavy atom. The third-order valence-corrected chi connectivity index (χ3v) is 6.30. The van der Waals surface area contributed by atoms with E-state index in [-0.39, 0.29) is 6.04 Å². The summed E-state index contributed by atoms with van der Waals surface area (Å²) in [5.41, 5.74) is 5.19. The van der Waals surface area contributed by atoms with E-state index in [1.807, 2.05) is 11.8 Å². The van der Waals surface area contributed by atoms with Crippen LogP contribution in [-0.4, -0.2) is 32.1 Å². The number of hydrogen-bond donors (Lipinski definition) is 1. The molecule has 29 heavy (non-hydrogen) atoms. The van der Waals surface area contributed by atoms with Gasteiger partial charge in [-0.05, 0) is 67.5 Å². The highest BCUT2D eigenvalue weighted by Gasteiger charge is 2.23. The molecule has 3 nitrogen and oxygen atoms in total. The van der Waals surface area contributed by atoms with E-state index in [9.17, 15) is 0 Å². The number of benzene rings is 3. The maximum atomic E-state index is 5.88. The number of ether oxygens (including phenoxy) is 1. The van der Waals surface area contributed by atoms with E-state index in [0.717, 1.165) is 36.8 Å². The smallest absolute Gasteiger partial charge is 0.119 e. The van der Waals surface area contributed by atoms with Gasteiger partial charge in [0.25, 0.3) is 0 Å². The Kier molecular flexibility index (Phi) is 6.43. The van der Waals surface area contributed by atoms with Gasteiger partial charge in [0.15, 0.2) is 0 Å². The van der Waals surface area contributed by atoms with Gasteiger partial charge < -0.3 is 15.0 Å². The first kappa shape index (κ1) is 19.9. The fourth-order valence-electron chi connectivity index (χ4n) is 3.66. The van der Waals surface area contributed by atoms with E-state index in [0.29, 0.717) is 0 Å². The highest BCUT2D eigenvalue weighted by molar-refractivity contribution is 7.98. The van der Waals surface area contributed by atoms with Crippen molar-refractivity contribution in [1.82, 2.24) is 4.90 Å². The summed E-state index contributed by atoms with van der Waals surface area (Å²) < 4.78 is 5.88. The molecule has 0 bridgehead atoms. The van der Waals surface area contributed by atoms with Crippen LogP contribution >= 0.6 is 11.8 Å². The number of anilines is 1. The van der Waals surface area contributed by atoms with Crippen LogP contribution < -0.4 is 10.1 Å². The monoisotopic (exact) mass is 404 g/mol. The molecular formula is C25H28N2OS. The van der Waals surface area contributed by atoms with Crippen LogP contribution in [0.4, 0.5) is 5.69 Å². The molecule has 1 N–H and O–H groups in total. The zero-order valence-corrected chi connectivity index (χ0v) is 17.9. The summed E-state index contributed by atoms with van der Waals surface area (Å²) in [4.78, 5) is 3.53. The van der Waals surface area contributed by atoms with Gasteiger partial charge in [0.1, 0.15) is 5.75 Å². The summed E-state index contributed by atoms with van der Waals surface area (Å²) in [6.45, 7) is 1.78. The molecule has 0 aromatic heterocycles. The Hall–Kier alpha value is -2.43. The molecule has 1 atom stereocenters. The SMILES string of the molecule is CN(C)CCCOc1ccc(N[C@@H]2c3ccccc3CSc3ccccc32)cc1. The van der Waals surface area contributed by atoms with Crippen molar-refractivity contribution in [3.63, 3.8) is 0 Å². The minimum atomic E-state index is 0.143. The molecule has 0 aliphatic carbocycles. The van der Waals surface area contributed by atoms with Crippen molar-refractivity contribution in [2.75, 3.05) is 32.6 Å². The summed E-state index contributed by atoms with van der Waals surface area (Å²) in [6.07, 6.45) is 1.03. The highest BCUT2D eigenvalue weighted by Crippen LogP contribution is 2.40. The van der Waals surface area contributed by atoms with Gasteiger partial charge in [-0.3, -0.25) is 0 Å². The van der Waals surface area contributed by atoms with Gasteiger partial charge in [-0.25, -0.2) is 0 Å². The van der Waals surface area contributed by atoms with Crippen LogP contribution in [0.1, 0.15) is 29.2 Å². The predicted molar refractivity (Wildman–Crippen MR) is 123 cm³/mol. The lowest BCUT2D eigenvalue weighted by atomic mass is 9.95. The molecule has 0 radical (unpaired) electrons. The first-order valence-electron chi connectivity index (χ1n) is 10.1. The van der Waals surface area contributed by atoms with Crippen molar-refractivity contribution < 1.29 is 4.74 Å². The zero-order chi connectivity index (χ0) is 20.1. The normalized spacial score (nSPS) is 15.3. The number of nitrogens with zero attached hydrogens (tertiary/aromatic N) is 1. The Morgan fingerprint density at radius 1 is 0.931 bits per heavy atom. The van der Waals surface area contributed by atoms with Crippen LogP contribution in [0.15, 0.2) is 77.7 Å². The van der Waals surface area contributed by atoms with Crippen LogP contribution in [0.5, 0.6) is 5.75 Å². The summed E-state index contributed by atoms with van der Waals surface area (Å²) >= 11 is 1.92. The molecule has 150 valence electrons. The van der Waals surface area contributed by atoms with Gasteiger partial charge in [0.05, 0.1) is 12.6 Å². The topological polar surface area (TPSA) is 24.5 Å². The maximum absolute atomic E-state index is 5.88. The molecule has 0 fully saturated rings. The fraction of sp³-hybridized carbons (Fsp3) is 0.280. The molecule has 0 saturated carbocycles. The molecule has 4 heteroatoms. The standard InChI is InChI=1S/C25H28N2OS/c1-27(2)16-7-17-28-21-14-12-20(13-15-21)26-25-22-9-4-3-8-19(22)18-29-24-11-6-5-10-23(24)25/h3-6,8-15,25-26H,7,16-18H2,1-2H3/t25-/m1/s1. The van der Waals surface area contributed by atoms with Crippen molar-refractivity contribution in [3.8, 4) is 5.75 Å². The predicted octanol–water partition coefficient (Wildman–Crippen LogP) is 5.82. The number of nitrogens with one attached hydrogen (secondary N) is 1. The second-order valence-electron chi connectivity index (χ2n) is 7.63. The Balaban J connectivity index is 1.52. The summed E-state index contributed by atoms with van der Waals surface area (Å²) in [5, 5.41) is 3.77. The lowest BCUT2D eigenvalue weighted by Crippen LogP contribution is -2.15. The number of thioether (sulfide) groups is 1. The molecule has 3 aromatic rings. The van der Waals surface area contributed by atoms with Crippen molar-refractivity contribution >= 4 is 17.4 Å². The van der Waals surface area contributed by atoms with E-state index < -0.39 is 0 Å². The van der Waals surface area contributed by atoms with E-state index in [1.54, 1.807) is 0 Å². The quantitative estimate of drug-likeness (QED) is 0.501. The first-order valence-corrected chi connectivity index (χ1v) is 11.1. The molecule has 3 aromatic carbocycles. The zero-order valence-electron chi connectivity index (χ0n) is 17.1. The maximum Gasteiger partial charge on any atom is 0.119 e. The summed E-state index contributed by atoms with van der Waals surface area (Å²) in [6, 6.07) is 26.0. The third kappa shape index (κ3) is 4.95. The summed E-state index contributed by atoms with van der Waals surface area (Å²) in [7, 11) is 4.17. The molecule has 0 amide bonds. The van der Waals surface area contributed by atoms with E-state index >= 15 is 0 Å². The van der Waals surface area contributed by atoms with Gasteiger partial charge in [0.2, 0.25) is 0 Å². The number of rotatable bonds is 7. The molecule has 0 unspecified atom stereocenters. The average Bonchev–Trinajstić information content (AvgIpc) is 2.90. The van der Waals surface area contributed by atoms with Crippen LogP contribution in [0.25, 0.3) is 0 Å². The molecule has 4 rings (SSSR count). The van der Waals surface area contributed by atoms with E-state index in [4.69, 9.17) is 4.74 Å². The van der Waals surface area contributed by atoms with Crippen LogP contribution in [0, 0.1) is 0 Å². The molecule has 0 spiro atoms. The molecular weight excluding hydrogens is 376 g/mol. The lowest BCUT2D eigenvalue weighted by Gasteiger charge is -2.23. The van der Waals surface area contributed by atoms with Gasteiger partial charge >= 0.3 is 0 Å². The molecule has 1 heterocycles. The van der Waals surface area contributed by atoms with Gasteiger partial charge in [0, 0.05) is 22.9 Å². The van der Waals surface area contributed by atoms with Crippen molar-refractivity contribution in [3.05, 3.63) is 89.5 Å². The minimum Gasteiger partial charge on any atom is -0.494 e. The van der Waals surface area contributed by atoms with Crippen molar-refractivity contribution in [1.29, 1.82) is 0 Å². The number of hydrogen-bond acceptors (Lipinski definition) is 4. The molecule has 1 aliphatic rings. The number of fused-ring (bicyclic) bond motifs is 2.